The normalized spacial score (nSPS) is 19.9. The Labute approximate surface area is 126 Å². The fraction of sp³-hybridized carbons (Fsp3) is 0.688. The summed E-state index contributed by atoms with van der Waals surface area (Å²) in [6, 6.07) is 2.02. The lowest BCUT2D eigenvalue weighted by molar-refractivity contribution is 0.0933. The van der Waals surface area contributed by atoms with Gasteiger partial charge in [0.05, 0.1) is 6.54 Å². The number of thioether (sulfide) groups is 1. The maximum absolute atomic E-state index is 12.5. The number of ketones is 1. The molecule has 0 spiro atoms. The first kappa shape index (κ1) is 15.6. The Morgan fingerprint density at radius 3 is 2.65 bits per heavy atom. The summed E-state index contributed by atoms with van der Waals surface area (Å²) >= 11 is 2.02. The molecule has 3 nitrogen and oxygen atoms in total. The average molecular weight is 294 g/mol. The Hall–Kier alpha value is -0.740. The SMILES string of the molecule is Cc1cc(C(=O)CN2CCSC(C)(C)CC2)c(C)n1C. The molecule has 0 atom stereocenters. The van der Waals surface area contributed by atoms with Gasteiger partial charge in [0.25, 0.3) is 0 Å². The largest absolute Gasteiger partial charge is 0.351 e. The van der Waals surface area contributed by atoms with E-state index in [-0.39, 0.29) is 5.78 Å². The summed E-state index contributed by atoms with van der Waals surface area (Å²) in [5, 5.41) is 0. The molecule has 0 unspecified atom stereocenters. The van der Waals surface area contributed by atoms with Crippen LogP contribution in [0.2, 0.25) is 0 Å². The van der Waals surface area contributed by atoms with E-state index in [1.165, 1.54) is 0 Å². The van der Waals surface area contributed by atoms with Crippen LogP contribution in [0, 0.1) is 13.8 Å². The molecular formula is C16H26N2OS. The third kappa shape index (κ3) is 3.47. The molecule has 1 aliphatic heterocycles. The first-order valence-electron chi connectivity index (χ1n) is 7.32. The van der Waals surface area contributed by atoms with Crippen molar-refractivity contribution in [1.29, 1.82) is 0 Å². The summed E-state index contributed by atoms with van der Waals surface area (Å²) in [7, 11) is 2.02. The zero-order valence-corrected chi connectivity index (χ0v) is 14.1. The fourth-order valence-corrected chi connectivity index (χ4v) is 3.78. The van der Waals surface area contributed by atoms with Crippen molar-refractivity contribution in [3.63, 3.8) is 0 Å². The fourth-order valence-electron chi connectivity index (χ4n) is 2.65. The van der Waals surface area contributed by atoms with Gasteiger partial charge in [-0.1, -0.05) is 13.8 Å². The van der Waals surface area contributed by atoms with Gasteiger partial charge in [-0.05, 0) is 32.9 Å². The van der Waals surface area contributed by atoms with E-state index in [2.05, 4.69) is 30.2 Å². The highest BCUT2D eigenvalue weighted by Crippen LogP contribution is 2.30. The van der Waals surface area contributed by atoms with E-state index in [1.807, 2.05) is 31.8 Å². The molecule has 0 aliphatic carbocycles. The second-order valence-electron chi connectivity index (χ2n) is 6.40. The molecule has 20 heavy (non-hydrogen) atoms. The predicted octanol–water partition coefficient (Wildman–Crippen LogP) is 3.04. The van der Waals surface area contributed by atoms with E-state index in [4.69, 9.17) is 0 Å². The molecule has 2 heterocycles. The minimum Gasteiger partial charge on any atom is -0.351 e. The number of aryl methyl sites for hydroxylation is 1. The third-order valence-electron chi connectivity index (χ3n) is 4.37. The Morgan fingerprint density at radius 1 is 1.35 bits per heavy atom. The molecule has 0 amide bonds. The predicted molar refractivity (Wildman–Crippen MR) is 86.8 cm³/mol. The quantitative estimate of drug-likeness (QED) is 0.801. The van der Waals surface area contributed by atoms with Crippen LogP contribution < -0.4 is 0 Å². The minimum atomic E-state index is 0.260. The van der Waals surface area contributed by atoms with Crippen molar-refractivity contribution in [2.24, 2.45) is 7.05 Å². The molecule has 0 saturated carbocycles. The second-order valence-corrected chi connectivity index (χ2v) is 8.20. The molecule has 4 heteroatoms. The summed E-state index contributed by atoms with van der Waals surface area (Å²) in [6.07, 6.45) is 1.15. The van der Waals surface area contributed by atoms with Gasteiger partial charge in [0.2, 0.25) is 0 Å². The number of aromatic nitrogens is 1. The lowest BCUT2D eigenvalue weighted by atomic mass is 10.1. The number of hydrogen-bond donors (Lipinski definition) is 0. The van der Waals surface area contributed by atoms with Gasteiger partial charge in [-0.15, -0.1) is 0 Å². The van der Waals surface area contributed by atoms with Crippen molar-refractivity contribution in [2.45, 2.75) is 38.9 Å². The molecule has 1 saturated heterocycles. The number of hydrogen-bond acceptors (Lipinski definition) is 3. The maximum atomic E-state index is 12.5. The van der Waals surface area contributed by atoms with Gasteiger partial charge in [-0.2, -0.15) is 11.8 Å². The Balaban J connectivity index is 2.02. The summed E-state index contributed by atoms with van der Waals surface area (Å²) in [5.74, 6) is 1.38. The van der Waals surface area contributed by atoms with Crippen LogP contribution in [-0.2, 0) is 7.05 Å². The monoisotopic (exact) mass is 294 g/mol. The van der Waals surface area contributed by atoms with E-state index in [1.54, 1.807) is 0 Å². The van der Waals surface area contributed by atoms with Crippen molar-refractivity contribution in [1.82, 2.24) is 9.47 Å². The topological polar surface area (TPSA) is 25.2 Å². The molecule has 112 valence electrons. The van der Waals surface area contributed by atoms with Gasteiger partial charge in [0, 0.05) is 41.0 Å². The first-order valence-corrected chi connectivity index (χ1v) is 8.31. The van der Waals surface area contributed by atoms with Gasteiger partial charge < -0.3 is 4.57 Å². The molecule has 1 aromatic heterocycles. The maximum Gasteiger partial charge on any atom is 0.178 e. The molecule has 1 fully saturated rings. The number of carbonyl (C=O) groups excluding carboxylic acids is 1. The van der Waals surface area contributed by atoms with Crippen molar-refractivity contribution < 1.29 is 4.79 Å². The Kier molecular flexibility index (Phi) is 4.65. The highest BCUT2D eigenvalue weighted by molar-refractivity contribution is 8.00. The van der Waals surface area contributed by atoms with Crippen molar-refractivity contribution in [3.8, 4) is 0 Å². The summed E-state index contributed by atoms with van der Waals surface area (Å²) < 4.78 is 2.44. The summed E-state index contributed by atoms with van der Waals surface area (Å²) in [4.78, 5) is 14.8. The van der Waals surface area contributed by atoms with Crippen LogP contribution in [0.25, 0.3) is 0 Å². The lowest BCUT2D eigenvalue weighted by Crippen LogP contribution is -2.32. The summed E-state index contributed by atoms with van der Waals surface area (Å²) in [6.45, 7) is 11.3. The Morgan fingerprint density at radius 2 is 2.05 bits per heavy atom. The first-order chi connectivity index (χ1) is 9.30. The Bertz CT molecular complexity index is 505. The number of Topliss-reactive ketones (excluding diaryl/α,β-unsaturated/α-hetero) is 1. The standard InChI is InChI=1S/C16H26N2OS/c1-12-10-14(13(2)17(12)5)15(19)11-18-7-6-16(3,4)20-9-8-18/h10H,6-9,11H2,1-5H3. The molecule has 2 rings (SSSR count). The van der Waals surface area contributed by atoms with E-state index in [0.29, 0.717) is 11.3 Å². The lowest BCUT2D eigenvalue weighted by Gasteiger charge is -2.22. The van der Waals surface area contributed by atoms with Gasteiger partial charge >= 0.3 is 0 Å². The highest BCUT2D eigenvalue weighted by atomic mass is 32.2. The second kappa shape index (κ2) is 5.94. The molecule has 0 bridgehead atoms. The zero-order chi connectivity index (χ0) is 14.9. The zero-order valence-electron chi connectivity index (χ0n) is 13.3. The van der Waals surface area contributed by atoms with Crippen LogP contribution in [-0.4, -0.2) is 45.4 Å². The minimum absolute atomic E-state index is 0.260. The van der Waals surface area contributed by atoms with E-state index < -0.39 is 0 Å². The number of carbonyl (C=O) groups is 1. The molecule has 0 aromatic carbocycles. The van der Waals surface area contributed by atoms with Crippen LogP contribution in [0.5, 0.6) is 0 Å². The molecule has 1 aliphatic rings. The molecule has 1 aromatic rings. The van der Waals surface area contributed by atoms with Crippen LogP contribution in [0.1, 0.15) is 42.0 Å². The van der Waals surface area contributed by atoms with Gasteiger partial charge in [0.15, 0.2) is 5.78 Å². The van der Waals surface area contributed by atoms with Crippen LogP contribution in [0.15, 0.2) is 6.07 Å². The highest BCUT2D eigenvalue weighted by Gasteiger charge is 2.25. The average Bonchev–Trinajstić information content (AvgIpc) is 2.54. The van der Waals surface area contributed by atoms with E-state index in [9.17, 15) is 4.79 Å². The van der Waals surface area contributed by atoms with Crippen LogP contribution >= 0.6 is 11.8 Å². The van der Waals surface area contributed by atoms with E-state index >= 15 is 0 Å². The number of rotatable bonds is 3. The molecule has 0 radical (unpaired) electrons. The van der Waals surface area contributed by atoms with Crippen LogP contribution in [0.4, 0.5) is 0 Å². The van der Waals surface area contributed by atoms with Gasteiger partial charge in [-0.3, -0.25) is 9.69 Å². The van der Waals surface area contributed by atoms with Crippen LogP contribution in [0.3, 0.4) is 0 Å². The smallest absolute Gasteiger partial charge is 0.178 e. The third-order valence-corrected chi connectivity index (χ3v) is 5.75. The van der Waals surface area contributed by atoms with E-state index in [0.717, 1.165) is 42.2 Å². The van der Waals surface area contributed by atoms with Gasteiger partial charge in [-0.25, -0.2) is 0 Å². The molecular weight excluding hydrogens is 268 g/mol. The van der Waals surface area contributed by atoms with Crippen molar-refractivity contribution in [2.75, 3.05) is 25.4 Å². The summed E-state index contributed by atoms with van der Waals surface area (Å²) in [5.41, 5.74) is 3.12. The number of nitrogens with zero attached hydrogens (tertiary/aromatic N) is 2. The van der Waals surface area contributed by atoms with Crippen molar-refractivity contribution in [3.05, 3.63) is 23.0 Å². The van der Waals surface area contributed by atoms with Gasteiger partial charge in [0.1, 0.15) is 0 Å². The van der Waals surface area contributed by atoms with Crippen molar-refractivity contribution >= 4 is 17.5 Å². The molecule has 0 N–H and O–H groups in total.